The number of hydrogen-bond donors (Lipinski definition) is 2. The zero-order valence-corrected chi connectivity index (χ0v) is 13.8. The smallest absolute Gasteiger partial charge is 0.244 e. The number of nitrogens with one attached hydrogen (secondary N) is 1. The summed E-state index contributed by atoms with van der Waals surface area (Å²) < 4.78 is 5.58. The van der Waals surface area contributed by atoms with E-state index in [9.17, 15) is 5.26 Å². The Kier molecular flexibility index (Phi) is 3.68. The van der Waals surface area contributed by atoms with Crippen molar-refractivity contribution in [2.75, 3.05) is 0 Å². The first kappa shape index (κ1) is 15.3. The Bertz CT molecular complexity index is 1020. The Hall–Kier alpha value is -3.23. The highest BCUT2D eigenvalue weighted by Crippen LogP contribution is 2.46. The van der Waals surface area contributed by atoms with E-state index in [1.165, 1.54) is 0 Å². The summed E-state index contributed by atoms with van der Waals surface area (Å²) in [6, 6.07) is 19.3. The van der Waals surface area contributed by atoms with Crippen molar-refractivity contribution >= 4 is 11.6 Å². The molecule has 0 aliphatic carbocycles. The summed E-state index contributed by atoms with van der Waals surface area (Å²) in [4.78, 5) is 0. The number of H-pyrrole nitrogens is 1. The van der Waals surface area contributed by atoms with Crippen LogP contribution in [-0.4, -0.2) is 10.2 Å². The fourth-order valence-electron chi connectivity index (χ4n) is 3.09. The van der Waals surface area contributed by atoms with Crippen LogP contribution in [0.25, 0.3) is 11.3 Å². The average Bonchev–Trinajstić information content (AvgIpc) is 3.04. The second kappa shape index (κ2) is 6.00. The largest absolute Gasteiger partial charge is 0.420 e. The van der Waals surface area contributed by atoms with Crippen LogP contribution in [0.4, 0.5) is 0 Å². The van der Waals surface area contributed by atoms with Crippen LogP contribution >= 0.6 is 11.6 Å². The van der Waals surface area contributed by atoms with Crippen LogP contribution in [0, 0.1) is 11.3 Å². The number of nitrogens with two attached hydrogens (primary N) is 1. The van der Waals surface area contributed by atoms with E-state index >= 15 is 0 Å². The van der Waals surface area contributed by atoms with E-state index in [0.717, 1.165) is 22.4 Å². The van der Waals surface area contributed by atoms with Gasteiger partial charge in [-0.2, -0.15) is 5.26 Å². The minimum Gasteiger partial charge on any atom is -0.420 e. The Morgan fingerprint density at radius 1 is 1.12 bits per heavy atom. The number of aromatic nitrogens is 2. The Morgan fingerprint density at radius 2 is 1.84 bits per heavy atom. The number of rotatable bonds is 2. The number of nitrogens with zero attached hydrogens (tertiary/aromatic N) is 2. The van der Waals surface area contributed by atoms with Crippen LogP contribution in [0.5, 0.6) is 5.88 Å². The van der Waals surface area contributed by atoms with Crippen molar-refractivity contribution in [1.82, 2.24) is 10.2 Å². The molecule has 25 heavy (non-hydrogen) atoms. The molecule has 0 saturated carbocycles. The van der Waals surface area contributed by atoms with Crippen LogP contribution < -0.4 is 10.5 Å². The number of fused-ring (bicyclic) bond motifs is 1. The number of hydrogen-bond acceptors (Lipinski definition) is 4. The first-order chi connectivity index (χ1) is 12.2. The summed E-state index contributed by atoms with van der Waals surface area (Å²) in [5.41, 5.74) is 9.52. The Morgan fingerprint density at radius 3 is 2.56 bits per heavy atom. The van der Waals surface area contributed by atoms with Crippen LogP contribution in [0.15, 0.2) is 66.1 Å². The number of benzene rings is 2. The molecule has 0 amide bonds. The fourth-order valence-corrected chi connectivity index (χ4v) is 3.32. The van der Waals surface area contributed by atoms with Gasteiger partial charge in [0.05, 0.1) is 17.2 Å². The third kappa shape index (κ3) is 2.44. The highest BCUT2D eigenvalue weighted by atomic mass is 35.5. The Labute approximate surface area is 149 Å². The zero-order valence-electron chi connectivity index (χ0n) is 13.0. The monoisotopic (exact) mass is 348 g/mol. The third-order valence-corrected chi connectivity index (χ3v) is 4.54. The number of ether oxygens (including phenoxy) is 1. The SMILES string of the molecule is N#CC1=C(N)Oc2n[nH]c(-c3ccccc3Cl)c2[C@@H]1c1ccccc1. The molecule has 0 saturated heterocycles. The molecular formula is C19H13ClN4O. The molecule has 4 rings (SSSR count). The van der Waals surface area contributed by atoms with Crippen molar-refractivity contribution in [3.05, 3.63) is 82.2 Å². The molecule has 1 aromatic heterocycles. The van der Waals surface area contributed by atoms with Crippen LogP contribution in [-0.2, 0) is 0 Å². The van der Waals surface area contributed by atoms with E-state index in [1.807, 2.05) is 48.5 Å². The van der Waals surface area contributed by atoms with E-state index in [-0.39, 0.29) is 11.8 Å². The summed E-state index contributed by atoms with van der Waals surface area (Å²) in [6.07, 6.45) is 0. The van der Waals surface area contributed by atoms with Gasteiger partial charge in [-0.1, -0.05) is 60.1 Å². The maximum atomic E-state index is 9.65. The van der Waals surface area contributed by atoms with Crippen molar-refractivity contribution < 1.29 is 4.74 Å². The predicted molar refractivity (Wildman–Crippen MR) is 94.8 cm³/mol. The van der Waals surface area contributed by atoms with Crippen molar-refractivity contribution in [2.45, 2.75) is 5.92 Å². The summed E-state index contributed by atoms with van der Waals surface area (Å²) >= 11 is 6.36. The molecule has 6 heteroatoms. The van der Waals surface area contributed by atoms with Gasteiger partial charge >= 0.3 is 0 Å². The van der Waals surface area contributed by atoms with Crippen LogP contribution in [0.3, 0.4) is 0 Å². The topological polar surface area (TPSA) is 87.7 Å². The first-order valence-electron chi connectivity index (χ1n) is 7.66. The van der Waals surface area contributed by atoms with Gasteiger partial charge in [0, 0.05) is 10.6 Å². The molecule has 0 fully saturated rings. The molecule has 3 aromatic rings. The molecule has 0 bridgehead atoms. The standard InChI is InChI=1S/C19H13ClN4O/c20-14-9-5-4-8-12(14)17-16-15(11-6-2-1-3-7-11)13(10-21)18(22)25-19(16)24-23-17/h1-9,15H,22H2,(H,23,24)/t15-/m1/s1. The number of aromatic amines is 1. The molecule has 0 radical (unpaired) electrons. The summed E-state index contributed by atoms with van der Waals surface area (Å²) in [7, 11) is 0. The lowest BCUT2D eigenvalue weighted by Crippen LogP contribution is -2.20. The second-order valence-corrected chi connectivity index (χ2v) is 6.04. The Balaban J connectivity index is 1.98. The average molecular weight is 349 g/mol. The second-order valence-electron chi connectivity index (χ2n) is 5.63. The molecule has 3 N–H and O–H groups in total. The number of nitriles is 1. The predicted octanol–water partition coefficient (Wildman–Crippen LogP) is 3.95. The lowest BCUT2D eigenvalue weighted by Gasteiger charge is -2.24. The molecule has 5 nitrogen and oxygen atoms in total. The van der Waals surface area contributed by atoms with Crippen molar-refractivity contribution in [1.29, 1.82) is 5.26 Å². The van der Waals surface area contributed by atoms with Gasteiger partial charge in [-0.05, 0) is 11.6 Å². The fraction of sp³-hybridized carbons (Fsp3) is 0.0526. The quantitative estimate of drug-likeness (QED) is 0.734. The van der Waals surface area contributed by atoms with Gasteiger partial charge in [0.1, 0.15) is 11.6 Å². The van der Waals surface area contributed by atoms with Gasteiger partial charge in [-0.15, -0.1) is 5.10 Å². The third-order valence-electron chi connectivity index (χ3n) is 4.21. The van der Waals surface area contributed by atoms with Gasteiger partial charge in [0.2, 0.25) is 11.8 Å². The summed E-state index contributed by atoms with van der Waals surface area (Å²) in [5, 5.41) is 17.5. The van der Waals surface area contributed by atoms with E-state index in [1.54, 1.807) is 6.07 Å². The highest BCUT2D eigenvalue weighted by Gasteiger charge is 2.35. The molecule has 1 aliphatic rings. The lowest BCUT2D eigenvalue weighted by atomic mass is 9.83. The van der Waals surface area contributed by atoms with E-state index in [4.69, 9.17) is 22.1 Å². The van der Waals surface area contributed by atoms with Crippen molar-refractivity contribution in [2.24, 2.45) is 5.73 Å². The van der Waals surface area contributed by atoms with E-state index < -0.39 is 0 Å². The molecule has 1 aliphatic heterocycles. The maximum Gasteiger partial charge on any atom is 0.244 e. The van der Waals surface area contributed by atoms with E-state index in [0.29, 0.717) is 16.5 Å². The minimum atomic E-state index is -0.375. The maximum absolute atomic E-state index is 9.65. The van der Waals surface area contributed by atoms with Gasteiger partial charge < -0.3 is 10.5 Å². The van der Waals surface area contributed by atoms with Gasteiger partial charge in [-0.3, -0.25) is 5.10 Å². The van der Waals surface area contributed by atoms with Crippen molar-refractivity contribution in [3.8, 4) is 23.2 Å². The lowest BCUT2D eigenvalue weighted by molar-refractivity contribution is 0.379. The van der Waals surface area contributed by atoms with Crippen LogP contribution in [0.1, 0.15) is 17.0 Å². The normalized spacial score (nSPS) is 16.1. The number of halogens is 1. The summed E-state index contributed by atoms with van der Waals surface area (Å²) in [5.74, 6) is 0.0568. The summed E-state index contributed by atoms with van der Waals surface area (Å²) in [6.45, 7) is 0. The molecule has 1 atom stereocenters. The zero-order chi connectivity index (χ0) is 17.4. The highest BCUT2D eigenvalue weighted by molar-refractivity contribution is 6.33. The molecule has 0 spiro atoms. The van der Waals surface area contributed by atoms with Crippen molar-refractivity contribution in [3.63, 3.8) is 0 Å². The molecule has 122 valence electrons. The van der Waals surface area contributed by atoms with E-state index in [2.05, 4.69) is 16.3 Å². The molecule has 2 aromatic carbocycles. The molecule has 0 unspecified atom stereocenters. The first-order valence-corrected chi connectivity index (χ1v) is 8.04. The number of allylic oxidation sites excluding steroid dienone is 1. The van der Waals surface area contributed by atoms with Gasteiger partial charge in [0.15, 0.2) is 0 Å². The molecular weight excluding hydrogens is 336 g/mol. The minimum absolute atomic E-state index is 0.0704. The van der Waals surface area contributed by atoms with Gasteiger partial charge in [-0.25, -0.2) is 0 Å². The molecule has 2 heterocycles. The van der Waals surface area contributed by atoms with Crippen LogP contribution in [0.2, 0.25) is 5.02 Å². The van der Waals surface area contributed by atoms with Gasteiger partial charge in [0.25, 0.3) is 0 Å².